The number of hydrogen-bond donors (Lipinski definition) is 2. The van der Waals surface area contributed by atoms with Gasteiger partial charge in [0.05, 0.1) is 40.1 Å². The molecule has 1 aromatic carbocycles. The number of nitrogens with one attached hydrogen (secondary N) is 1. The van der Waals surface area contributed by atoms with E-state index in [1.165, 1.54) is 0 Å². The number of carbonyl (C=O) groups excluding carboxylic acids is 1. The van der Waals surface area contributed by atoms with Crippen molar-refractivity contribution in [3.63, 3.8) is 0 Å². The lowest BCUT2D eigenvalue weighted by Gasteiger charge is -2.17. The summed E-state index contributed by atoms with van der Waals surface area (Å²) in [5.74, 6) is 1.98. The summed E-state index contributed by atoms with van der Waals surface area (Å²) in [5.41, 5.74) is 6.71. The summed E-state index contributed by atoms with van der Waals surface area (Å²) >= 11 is 0. The lowest BCUT2D eigenvalue weighted by atomic mass is 10.1. The molecule has 1 aromatic heterocycles. The van der Waals surface area contributed by atoms with Crippen molar-refractivity contribution in [2.45, 2.75) is 32.4 Å². The van der Waals surface area contributed by atoms with Crippen LogP contribution in [0.4, 0.5) is 5.82 Å². The number of benzene rings is 1. The van der Waals surface area contributed by atoms with Gasteiger partial charge in [0, 0.05) is 11.6 Å². The van der Waals surface area contributed by atoms with E-state index in [1.807, 2.05) is 13.0 Å². The zero-order chi connectivity index (χ0) is 19.1. The van der Waals surface area contributed by atoms with Crippen LogP contribution in [0.25, 0.3) is 0 Å². The third-order valence-electron chi connectivity index (χ3n) is 4.01. The number of hydrogen-bond acceptors (Lipinski definition) is 6. The third-order valence-corrected chi connectivity index (χ3v) is 4.01. The van der Waals surface area contributed by atoms with Crippen molar-refractivity contribution in [1.29, 1.82) is 0 Å². The molecule has 8 heteroatoms. The van der Waals surface area contributed by atoms with Gasteiger partial charge in [-0.3, -0.25) is 4.79 Å². The van der Waals surface area contributed by atoms with Crippen molar-refractivity contribution >= 4 is 11.7 Å². The van der Waals surface area contributed by atoms with Gasteiger partial charge in [-0.05, 0) is 18.6 Å². The van der Waals surface area contributed by atoms with Crippen LogP contribution >= 0.6 is 0 Å². The molecule has 0 radical (unpaired) electrons. The summed E-state index contributed by atoms with van der Waals surface area (Å²) < 4.78 is 17.9. The Labute approximate surface area is 153 Å². The molecule has 0 spiro atoms. The average Bonchev–Trinajstić information content (AvgIpc) is 3.07. The molecule has 3 N–H and O–H groups in total. The zero-order valence-electron chi connectivity index (χ0n) is 15.6. The molecule has 1 heterocycles. The van der Waals surface area contributed by atoms with Gasteiger partial charge >= 0.3 is 0 Å². The van der Waals surface area contributed by atoms with Crippen LogP contribution in [0.5, 0.6) is 17.2 Å². The Morgan fingerprint density at radius 3 is 2.54 bits per heavy atom. The Morgan fingerprint density at radius 1 is 1.19 bits per heavy atom. The second-order valence-corrected chi connectivity index (χ2v) is 5.75. The highest BCUT2D eigenvalue weighted by Crippen LogP contribution is 2.40. The molecule has 8 nitrogen and oxygen atoms in total. The summed E-state index contributed by atoms with van der Waals surface area (Å²) in [5, 5.41) is 7.10. The average molecular weight is 362 g/mol. The van der Waals surface area contributed by atoms with Crippen molar-refractivity contribution in [2.75, 3.05) is 26.6 Å². The van der Waals surface area contributed by atoms with E-state index in [4.69, 9.17) is 19.9 Å². The van der Waals surface area contributed by atoms with E-state index in [1.54, 1.807) is 44.3 Å². The van der Waals surface area contributed by atoms with Crippen LogP contribution < -0.4 is 25.3 Å². The van der Waals surface area contributed by atoms with E-state index in [-0.39, 0.29) is 5.91 Å². The molecule has 1 unspecified atom stereocenters. The van der Waals surface area contributed by atoms with E-state index in [0.29, 0.717) is 36.0 Å². The van der Waals surface area contributed by atoms with Crippen LogP contribution in [0.2, 0.25) is 0 Å². The highest BCUT2D eigenvalue weighted by atomic mass is 16.5. The standard InChI is InChI=1S/C18H26N4O4/c1-5-6-13(19)18(23)21-15-9-10-20-22(15)11-12-7-8-14(24-2)17(26-4)16(12)25-3/h7-10,13H,5-6,11,19H2,1-4H3,(H,21,23). The van der Waals surface area contributed by atoms with Crippen molar-refractivity contribution in [3.8, 4) is 17.2 Å². The van der Waals surface area contributed by atoms with Gasteiger partial charge in [0.15, 0.2) is 11.5 Å². The Bertz CT molecular complexity index is 745. The first-order valence-corrected chi connectivity index (χ1v) is 8.41. The summed E-state index contributed by atoms with van der Waals surface area (Å²) in [6, 6.07) is 4.86. The first kappa shape index (κ1) is 19.6. The van der Waals surface area contributed by atoms with Crippen LogP contribution in [0.1, 0.15) is 25.3 Å². The predicted octanol–water partition coefficient (Wildman–Crippen LogP) is 2.02. The normalized spacial score (nSPS) is 11.7. The molecule has 1 amide bonds. The number of nitrogens with zero attached hydrogens (tertiary/aromatic N) is 2. The van der Waals surface area contributed by atoms with Crippen molar-refractivity contribution in [2.24, 2.45) is 5.73 Å². The fourth-order valence-electron chi connectivity index (χ4n) is 2.67. The van der Waals surface area contributed by atoms with Crippen LogP contribution in [0, 0.1) is 0 Å². The van der Waals surface area contributed by atoms with E-state index < -0.39 is 6.04 Å². The smallest absolute Gasteiger partial charge is 0.242 e. The SMILES string of the molecule is CCCC(N)C(=O)Nc1ccnn1Cc1ccc(OC)c(OC)c1OC. The van der Waals surface area contributed by atoms with Crippen molar-refractivity contribution < 1.29 is 19.0 Å². The second-order valence-electron chi connectivity index (χ2n) is 5.75. The number of ether oxygens (including phenoxy) is 3. The second kappa shape index (κ2) is 9.10. The molecule has 2 aromatic rings. The number of nitrogens with two attached hydrogens (primary N) is 1. The molecule has 2 rings (SSSR count). The maximum absolute atomic E-state index is 12.2. The van der Waals surface area contributed by atoms with E-state index >= 15 is 0 Å². The maximum Gasteiger partial charge on any atom is 0.242 e. The van der Waals surface area contributed by atoms with Crippen molar-refractivity contribution in [3.05, 3.63) is 30.0 Å². The Balaban J connectivity index is 2.25. The number of rotatable bonds is 9. The maximum atomic E-state index is 12.2. The molecular weight excluding hydrogens is 336 g/mol. The van der Waals surface area contributed by atoms with Gasteiger partial charge in [0.1, 0.15) is 5.82 Å². The molecule has 26 heavy (non-hydrogen) atoms. The number of amides is 1. The van der Waals surface area contributed by atoms with Gasteiger partial charge in [0.25, 0.3) is 0 Å². The summed E-state index contributed by atoms with van der Waals surface area (Å²) in [6.45, 7) is 2.37. The minimum absolute atomic E-state index is 0.229. The van der Waals surface area contributed by atoms with Crippen LogP contribution in [0.3, 0.4) is 0 Å². The van der Waals surface area contributed by atoms with Crippen molar-refractivity contribution in [1.82, 2.24) is 9.78 Å². The molecule has 0 aliphatic rings. The summed E-state index contributed by atoms with van der Waals surface area (Å²) in [7, 11) is 4.69. The lowest BCUT2D eigenvalue weighted by molar-refractivity contribution is -0.117. The highest BCUT2D eigenvalue weighted by Gasteiger charge is 2.18. The minimum atomic E-state index is -0.543. The van der Waals surface area contributed by atoms with Gasteiger partial charge in [-0.1, -0.05) is 13.3 Å². The molecule has 0 bridgehead atoms. The van der Waals surface area contributed by atoms with Gasteiger partial charge in [0.2, 0.25) is 11.7 Å². The fourth-order valence-corrected chi connectivity index (χ4v) is 2.67. The Morgan fingerprint density at radius 2 is 1.92 bits per heavy atom. The van der Waals surface area contributed by atoms with Gasteiger partial charge < -0.3 is 25.3 Å². The van der Waals surface area contributed by atoms with Crippen LogP contribution in [0.15, 0.2) is 24.4 Å². The van der Waals surface area contributed by atoms with E-state index in [9.17, 15) is 4.79 Å². The lowest BCUT2D eigenvalue weighted by Crippen LogP contribution is -2.36. The zero-order valence-corrected chi connectivity index (χ0v) is 15.6. The highest BCUT2D eigenvalue weighted by molar-refractivity contribution is 5.93. The van der Waals surface area contributed by atoms with Gasteiger partial charge in [-0.15, -0.1) is 0 Å². The summed E-state index contributed by atoms with van der Waals surface area (Å²) in [6.07, 6.45) is 3.09. The first-order chi connectivity index (χ1) is 12.5. The number of methoxy groups -OCH3 is 3. The molecular formula is C18H26N4O4. The molecule has 0 aliphatic heterocycles. The fraction of sp³-hybridized carbons (Fsp3) is 0.444. The van der Waals surface area contributed by atoms with Crippen LogP contribution in [-0.2, 0) is 11.3 Å². The largest absolute Gasteiger partial charge is 0.493 e. The summed E-state index contributed by atoms with van der Waals surface area (Å²) in [4.78, 5) is 12.2. The Hall–Kier alpha value is -2.74. The van der Waals surface area contributed by atoms with Gasteiger partial charge in [-0.25, -0.2) is 4.68 Å². The Kier molecular flexibility index (Phi) is 6.85. The minimum Gasteiger partial charge on any atom is -0.493 e. The first-order valence-electron chi connectivity index (χ1n) is 8.41. The van der Waals surface area contributed by atoms with Crippen LogP contribution in [-0.4, -0.2) is 43.1 Å². The molecule has 1 atom stereocenters. The quantitative estimate of drug-likeness (QED) is 0.708. The number of anilines is 1. The molecule has 0 saturated heterocycles. The van der Waals surface area contributed by atoms with E-state index in [2.05, 4.69) is 10.4 Å². The third kappa shape index (κ3) is 4.26. The number of carbonyl (C=O) groups is 1. The number of aromatic nitrogens is 2. The predicted molar refractivity (Wildman–Crippen MR) is 98.9 cm³/mol. The van der Waals surface area contributed by atoms with E-state index in [0.717, 1.165) is 12.0 Å². The molecule has 0 fully saturated rings. The topological polar surface area (TPSA) is 101 Å². The molecule has 0 saturated carbocycles. The monoisotopic (exact) mass is 362 g/mol. The molecule has 142 valence electrons. The van der Waals surface area contributed by atoms with Gasteiger partial charge in [-0.2, -0.15) is 5.10 Å². The molecule has 0 aliphatic carbocycles.